The summed E-state index contributed by atoms with van der Waals surface area (Å²) in [6, 6.07) is -2.18. The highest BCUT2D eigenvalue weighted by molar-refractivity contribution is 8.00. The Kier molecular flexibility index (Phi) is 35.8. The second-order valence-corrected chi connectivity index (χ2v) is 18.9. The van der Waals surface area contributed by atoms with Gasteiger partial charge in [-0.3, -0.25) is 18.6 Å². The van der Waals surface area contributed by atoms with Crippen molar-refractivity contribution in [3.05, 3.63) is 72.9 Å². The quantitative estimate of drug-likeness (QED) is 0.0114. The van der Waals surface area contributed by atoms with Gasteiger partial charge in [0.05, 0.1) is 52.0 Å². The predicted molar refractivity (Wildman–Crippen MR) is 250 cm³/mol. The average Bonchev–Trinajstić information content (AvgIpc) is 3.18. The Morgan fingerprint density at radius 3 is 2.03 bits per heavy atom. The van der Waals surface area contributed by atoms with E-state index in [1.807, 2.05) is 51.5 Å². The number of carbonyl (C=O) groups excluding carboxylic acids is 1. The fourth-order valence-electron chi connectivity index (χ4n) is 5.64. The number of unbranched alkanes of at least 4 members (excludes halogenated alkanes) is 11. The molecule has 0 heterocycles. The molecule has 0 aliphatic rings. The summed E-state index contributed by atoms with van der Waals surface area (Å²) in [5, 5.41) is 33.4. The lowest BCUT2D eigenvalue weighted by molar-refractivity contribution is -0.870. The first-order valence-electron chi connectivity index (χ1n) is 22.3. The standard InChI is InChI=1S/C46H82N3O9PS/c1-6-8-10-12-14-16-18-20-21-23-25-27-29-32-42(50)41(38-58-59(55,56)57-37-36-49(3,4)5)48-46(54)40(47)39-60-44(43(51)33-31-35-45(52)53)34-30-28-26-24-22-19-17-15-13-11-9-7-2/h10,12,15,17,22,24,26,28-30,32,34,40-44,50-51H,6-9,11,13-14,16,18-21,23,25,27,31,33,35-39,47H2,1-5H3,(H2-,48,52,53,54,55,56)/p+1/b12-10-,17-15-,24-22-,28-26+,32-29+,34-30+/t40-,41-,42+,43-,44+/m0/s1. The van der Waals surface area contributed by atoms with Gasteiger partial charge in [0.25, 0.3) is 0 Å². The normalized spacial score (nSPS) is 16.4. The van der Waals surface area contributed by atoms with Crippen molar-refractivity contribution >= 4 is 31.5 Å². The van der Waals surface area contributed by atoms with Gasteiger partial charge in [-0.05, 0) is 64.2 Å². The number of carboxylic acid groups (broad SMARTS) is 1. The third-order valence-corrected chi connectivity index (χ3v) is 11.8. The predicted octanol–water partition coefficient (Wildman–Crippen LogP) is 8.95. The number of thioether (sulfide) groups is 1. The van der Waals surface area contributed by atoms with E-state index in [-0.39, 0.29) is 31.6 Å². The van der Waals surface area contributed by atoms with Crippen molar-refractivity contribution in [2.45, 2.75) is 159 Å². The molecule has 7 N–H and O–H groups in total. The van der Waals surface area contributed by atoms with Crippen LogP contribution in [0.1, 0.15) is 129 Å². The Balaban J connectivity index is 5.48. The molecule has 1 amide bonds. The molecule has 0 aliphatic heterocycles. The largest absolute Gasteiger partial charge is 0.481 e. The van der Waals surface area contributed by atoms with Gasteiger partial charge in [0.1, 0.15) is 13.2 Å². The van der Waals surface area contributed by atoms with E-state index in [1.165, 1.54) is 56.7 Å². The van der Waals surface area contributed by atoms with E-state index in [4.69, 9.17) is 19.9 Å². The molecule has 346 valence electrons. The highest BCUT2D eigenvalue weighted by Crippen LogP contribution is 2.43. The Morgan fingerprint density at radius 1 is 0.767 bits per heavy atom. The zero-order chi connectivity index (χ0) is 44.9. The second-order valence-electron chi connectivity index (χ2n) is 16.3. The topological polar surface area (TPSA) is 189 Å². The van der Waals surface area contributed by atoms with Crippen LogP contribution in [0.2, 0.25) is 0 Å². The molecule has 0 aromatic carbocycles. The first-order chi connectivity index (χ1) is 28.6. The van der Waals surface area contributed by atoms with Crippen molar-refractivity contribution in [1.82, 2.24) is 5.32 Å². The van der Waals surface area contributed by atoms with Crippen LogP contribution in [0.5, 0.6) is 0 Å². The van der Waals surface area contributed by atoms with Crippen molar-refractivity contribution in [1.29, 1.82) is 0 Å². The number of nitrogens with zero attached hydrogens (tertiary/aromatic N) is 1. The molecule has 0 fully saturated rings. The van der Waals surface area contributed by atoms with Crippen LogP contribution in [0.3, 0.4) is 0 Å². The van der Waals surface area contributed by atoms with Gasteiger partial charge in [0.15, 0.2) is 0 Å². The first kappa shape index (κ1) is 57.7. The summed E-state index contributed by atoms with van der Waals surface area (Å²) < 4.78 is 23.6. The molecule has 0 saturated carbocycles. The van der Waals surface area contributed by atoms with Gasteiger partial charge in [0.2, 0.25) is 5.91 Å². The number of aliphatic hydroxyl groups is 2. The van der Waals surface area contributed by atoms with Gasteiger partial charge in [-0.15, -0.1) is 11.8 Å². The fraction of sp³-hybridized carbons (Fsp3) is 0.696. The van der Waals surface area contributed by atoms with Crippen LogP contribution in [0.25, 0.3) is 0 Å². The number of rotatable bonds is 39. The number of phosphoric acid groups is 1. The Labute approximate surface area is 367 Å². The van der Waals surface area contributed by atoms with E-state index in [9.17, 15) is 29.3 Å². The molecule has 60 heavy (non-hydrogen) atoms. The number of carboxylic acids is 1. The van der Waals surface area contributed by atoms with Crippen LogP contribution in [0.4, 0.5) is 0 Å². The number of aliphatic hydroxyl groups excluding tert-OH is 2. The van der Waals surface area contributed by atoms with Crippen LogP contribution in [-0.4, -0.2) is 113 Å². The van der Waals surface area contributed by atoms with E-state index < -0.39 is 55.8 Å². The van der Waals surface area contributed by atoms with Gasteiger partial charge < -0.3 is 35.7 Å². The van der Waals surface area contributed by atoms with E-state index in [0.717, 1.165) is 51.4 Å². The summed E-state index contributed by atoms with van der Waals surface area (Å²) in [6.45, 7) is 4.29. The van der Waals surface area contributed by atoms with Gasteiger partial charge >= 0.3 is 13.8 Å². The highest BCUT2D eigenvalue weighted by atomic mass is 32.2. The third-order valence-electron chi connectivity index (χ3n) is 9.38. The Morgan fingerprint density at radius 2 is 1.38 bits per heavy atom. The van der Waals surface area contributed by atoms with Crippen LogP contribution >= 0.6 is 19.6 Å². The van der Waals surface area contributed by atoms with Gasteiger partial charge in [-0.1, -0.05) is 132 Å². The molecule has 14 heteroatoms. The summed E-state index contributed by atoms with van der Waals surface area (Å²) in [4.78, 5) is 34.8. The van der Waals surface area contributed by atoms with Crippen molar-refractivity contribution in [3.8, 4) is 0 Å². The molecule has 0 aliphatic carbocycles. The number of quaternary nitrogens is 1. The number of nitrogens with one attached hydrogen (secondary N) is 1. The smallest absolute Gasteiger partial charge is 0.472 e. The molecule has 0 saturated heterocycles. The van der Waals surface area contributed by atoms with E-state index in [1.54, 1.807) is 18.2 Å². The third kappa shape index (κ3) is 36.3. The number of amides is 1. The van der Waals surface area contributed by atoms with E-state index in [0.29, 0.717) is 11.0 Å². The molecule has 0 bridgehead atoms. The number of aliphatic carboxylic acids is 1. The number of phosphoric ester groups is 1. The van der Waals surface area contributed by atoms with Crippen molar-refractivity contribution in [3.63, 3.8) is 0 Å². The van der Waals surface area contributed by atoms with Gasteiger partial charge in [0, 0.05) is 17.4 Å². The van der Waals surface area contributed by atoms with Crippen LogP contribution < -0.4 is 11.1 Å². The molecular formula is C46H83N3O9PS+. The maximum atomic E-state index is 13.4. The summed E-state index contributed by atoms with van der Waals surface area (Å²) >= 11 is 1.26. The van der Waals surface area contributed by atoms with Crippen molar-refractivity contribution in [2.24, 2.45) is 5.73 Å². The summed E-state index contributed by atoms with van der Waals surface area (Å²) in [5.74, 6) is -1.47. The van der Waals surface area contributed by atoms with E-state index >= 15 is 0 Å². The molecule has 6 atom stereocenters. The monoisotopic (exact) mass is 885 g/mol. The lowest BCUT2D eigenvalue weighted by Crippen LogP contribution is -2.52. The number of carbonyl (C=O) groups is 2. The number of hydrogen-bond acceptors (Lipinski definition) is 9. The number of nitrogens with two attached hydrogens (primary N) is 1. The summed E-state index contributed by atoms with van der Waals surface area (Å²) in [6.07, 6.45) is 38.4. The molecule has 0 rings (SSSR count). The fourth-order valence-corrected chi connectivity index (χ4v) is 7.51. The second kappa shape index (κ2) is 37.3. The maximum Gasteiger partial charge on any atom is 0.472 e. The van der Waals surface area contributed by atoms with Crippen molar-refractivity contribution in [2.75, 3.05) is 46.7 Å². The lowest BCUT2D eigenvalue weighted by atomic mass is 10.1. The molecule has 12 nitrogen and oxygen atoms in total. The number of allylic oxidation sites excluding steroid dienone is 10. The summed E-state index contributed by atoms with van der Waals surface area (Å²) in [5.41, 5.74) is 6.32. The van der Waals surface area contributed by atoms with Gasteiger partial charge in [-0.25, -0.2) is 4.57 Å². The van der Waals surface area contributed by atoms with Crippen LogP contribution in [0.15, 0.2) is 72.9 Å². The van der Waals surface area contributed by atoms with Crippen LogP contribution in [-0.2, 0) is 23.2 Å². The molecule has 0 spiro atoms. The molecular weight excluding hydrogens is 802 g/mol. The van der Waals surface area contributed by atoms with Crippen LogP contribution in [0, 0.1) is 0 Å². The SMILES string of the molecule is CCC/C=C\CCCCCCCC/C=C/[C@@H](O)[C@H](COP(=O)(O)OCC[N+](C)(C)C)NC(=O)[C@@H](N)CS[C@H](/C=C/C=C/C=C\C/C=C\CCCCC)[C@@H](O)CCCC(=O)O. The Bertz CT molecular complexity index is 1330. The minimum atomic E-state index is -4.50. The van der Waals surface area contributed by atoms with Crippen molar-refractivity contribution < 1.29 is 47.9 Å². The molecule has 1 unspecified atom stereocenters. The average molecular weight is 885 g/mol. The molecule has 0 aromatic heterocycles. The number of hydrogen-bond donors (Lipinski definition) is 6. The molecule has 0 aromatic rings. The lowest BCUT2D eigenvalue weighted by Gasteiger charge is -2.26. The molecule has 0 radical (unpaired) electrons. The maximum absolute atomic E-state index is 13.4. The first-order valence-corrected chi connectivity index (χ1v) is 24.8. The number of likely N-dealkylation sites (N-methyl/N-ethyl adjacent to an activating group) is 1. The highest BCUT2D eigenvalue weighted by Gasteiger charge is 2.29. The van der Waals surface area contributed by atoms with E-state index in [2.05, 4.69) is 43.5 Å². The Hall–Kier alpha value is -2.32. The minimum absolute atomic E-state index is 0.0318. The minimum Gasteiger partial charge on any atom is -0.481 e. The zero-order valence-electron chi connectivity index (χ0n) is 37.6. The summed E-state index contributed by atoms with van der Waals surface area (Å²) in [7, 11) is 1.25. The zero-order valence-corrected chi connectivity index (χ0v) is 39.3. The van der Waals surface area contributed by atoms with Gasteiger partial charge in [-0.2, -0.15) is 0 Å².